The van der Waals surface area contributed by atoms with E-state index in [1.165, 1.54) is 24.3 Å². The summed E-state index contributed by atoms with van der Waals surface area (Å²) in [6, 6.07) is 11.1. The smallest absolute Gasteiger partial charge is 0.338 e. The van der Waals surface area contributed by atoms with E-state index in [1.54, 1.807) is 18.5 Å². The van der Waals surface area contributed by atoms with E-state index in [-0.39, 0.29) is 23.3 Å². The van der Waals surface area contributed by atoms with Crippen molar-refractivity contribution in [3.05, 3.63) is 70.0 Å². The number of carbonyl (C=O) groups is 1. The third-order valence-corrected chi connectivity index (χ3v) is 5.27. The summed E-state index contributed by atoms with van der Waals surface area (Å²) in [6.45, 7) is 3.31. The molecule has 0 bridgehead atoms. The van der Waals surface area contributed by atoms with E-state index in [1.807, 2.05) is 6.07 Å². The number of carbonyl (C=O) groups excluding carboxylic acids is 1. The lowest BCUT2D eigenvalue weighted by Crippen LogP contribution is -2.44. The van der Waals surface area contributed by atoms with E-state index in [0.717, 1.165) is 12.2 Å². The number of hydrogen-bond acceptors (Lipinski definition) is 8. The molecule has 0 spiro atoms. The van der Waals surface area contributed by atoms with Crippen LogP contribution in [0.25, 0.3) is 11.0 Å². The maximum absolute atomic E-state index is 12.6. The van der Waals surface area contributed by atoms with Crippen molar-refractivity contribution in [2.45, 2.75) is 19.4 Å². The Morgan fingerprint density at radius 2 is 1.87 bits per heavy atom. The van der Waals surface area contributed by atoms with Crippen LogP contribution in [0.2, 0.25) is 0 Å². The van der Waals surface area contributed by atoms with Gasteiger partial charge in [-0.3, -0.25) is 20.1 Å². The molecule has 0 saturated carbocycles. The van der Waals surface area contributed by atoms with Crippen LogP contribution in [-0.4, -0.2) is 40.1 Å². The van der Waals surface area contributed by atoms with E-state index >= 15 is 0 Å². The molecule has 1 fully saturated rings. The number of fused-ring (bicyclic) bond motifs is 1. The van der Waals surface area contributed by atoms with Crippen molar-refractivity contribution < 1.29 is 14.5 Å². The molecule has 2 aromatic carbocycles. The Hall–Kier alpha value is -4.06. The number of ether oxygens (including phenoxy) is 1. The molecule has 4 rings (SSSR count). The quantitative estimate of drug-likeness (QED) is 0.359. The first-order valence-corrected chi connectivity index (χ1v) is 9.80. The van der Waals surface area contributed by atoms with Gasteiger partial charge < -0.3 is 9.64 Å². The Labute approximate surface area is 178 Å². The van der Waals surface area contributed by atoms with Gasteiger partial charge in [-0.05, 0) is 36.6 Å². The van der Waals surface area contributed by atoms with E-state index in [9.17, 15) is 20.2 Å². The van der Waals surface area contributed by atoms with E-state index in [4.69, 9.17) is 4.74 Å². The van der Waals surface area contributed by atoms with Gasteiger partial charge in [-0.1, -0.05) is 6.92 Å². The van der Waals surface area contributed by atoms with Crippen LogP contribution in [0.3, 0.4) is 0 Å². The van der Waals surface area contributed by atoms with Crippen molar-refractivity contribution in [2.24, 2.45) is 5.92 Å². The standard InChI is InChI=1S/C22H19N5O4/c1-14-10-18(31-22(28)15-2-5-17(6-3-15)27(29)30)13-26(12-14)19-7-4-16(11-23)20-21(19)25-9-8-24-20/h2-9,14,18H,10,12-13H2,1H3. The van der Waals surface area contributed by atoms with Crippen LogP contribution in [0, 0.1) is 27.4 Å². The molecule has 2 unspecified atom stereocenters. The fourth-order valence-corrected chi connectivity index (χ4v) is 3.90. The second kappa shape index (κ2) is 8.36. The highest BCUT2D eigenvalue weighted by Crippen LogP contribution is 2.31. The van der Waals surface area contributed by atoms with E-state index < -0.39 is 10.9 Å². The predicted molar refractivity (Wildman–Crippen MR) is 113 cm³/mol. The number of non-ortho nitro benzene ring substituents is 1. The van der Waals surface area contributed by atoms with E-state index in [2.05, 4.69) is 27.9 Å². The number of aromatic nitrogens is 2. The summed E-state index contributed by atoms with van der Waals surface area (Å²) < 4.78 is 5.72. The Bertz CT molecular complexity index is 1190. The number of benzene rings is 2. The first-order valence-electron chi connectivity index (χ1n) is 9.80. The summed E-state index contributed by atoms with van der Waals surface area (Å²) >= 11 is 0. The highest BCUT2D eigenvalue weighted by molar-refractivity contribution is 5.92. The molecule has 3 aromatic rings. The molecule has 156 valence electrons. The van der Waals surface area contributed by atoms with Gasteiger partial charge >= 0.3 is 5.97 Å². The zero-order valence-corrected chi connectivity index (χ0v) is 16.8. The summed E-state index contributed by atoms with van der Waals surface area (Å²) in [4.78, 5) is 33.7. The number of nitrogens with zero attached hydrogens (tertiary/aromatic N) is 5. The highest BCUT2D eigenvalue weighted by Gasteiger charge is 2.29. The lowest BCUT2D eigenvalue weighted by molar-refractivity contribution is -0.384. The summed E-state index contributed by atoms with van der Waals surface area (Å²) in [5, 5.41) is 20.1. The molecule has 1 aliphatic heterocycles. The van der Waals surface area contributed by atoms with Gasteiger partial charge in [-0.25, -0.2) is 4.79 Å². The van der Waals surface area contributed by atoms with Crippen LogP contribution in [0.4, 0.5) is 11.4 Å². The molecule has 2 atom stereocenters. The molecule has 1 aromatic heterocycles. The van der Waals surface area contributed by atoms with Crippen LogP contribution in [-0.2, 0) is 4.74 Å². The number of anilines is 1. The van der Waals surface area contributed by atoms with Crippen molar-refractivity contribution in [3.8, 4) is 6.07 Å². The zero-order chi connectivity index (χ0) is 22.0. The van der Waals surface area contributed by atoms with Crippen LogP contribution in [0.5, 0.6) is 0 Å². The third kappa shape index (κ3) is 4.14. The molecule has 0 radical (unpaired) electrons. The molecule has 31 heavy (non-hydrogen) atoms. The first kappa shape index (κ1) is 20.2. The summed E-state index contributed by atoms with van der Waals surface area (Å²) in [5.41, 5.74) is 2.66. The monoisotopic (exact) mass is 417 g/mol. The molecule has 0 aliphatic carbocycles. The second-order valence-corrected chi connectivity index (χ2v) is 7.57. The fourth-order valence-electron chi connectivity index (χ4n) is 3.90. The van der Waals surface area contributed by atoms with Gasteiger partial charge in [0, 0.05) is 31.1 Å². The lowest BCUT2D eigenvalue weighted by Gasteiger charge is -2.37. The molecule has 9 heteroatoms. The van der Waals surface area contributed by atoms with Crippen LogP contribution < -0.4 is 4.90 Å². The van der Waals surface area contributed by atoms with Crippen molar-refractivity contribution in [2.75, 3.05) is 18.0 Å². The number of rotatable bonds is 4. The van der Waals surface area contributed by atoms with E-state index in [0.29, 0.717) is 29.6 Å². The Kier molecular flexibility index (Phi) is 5.45. The molecule has 0 amide bonds. The van der Waals surface area contributed by atoms with Crippen LogP contribution >= 0.6 is 0 Å². The normalized spacial score (nSPS) is 18.4. The molecule has 9 nitrogen and oxygen atoms in total. The molecule has 1 saturated heterocycles. The first-order chi connectivity index (χ1) is 15.0. The number of hydrogen-bond donors (Lipinski definition) is 0. The number of nitro benzene ring substituents is 1. The van der Waals surface area contributed by atoms with Crippen molar-refractivity contribution in [1.29, 1.82) is 5.26 Å². The zero-order valence-electron chi connectivity index (χ0n) is 16.8. The average molecular weight is 417 g/mol. The van der Waals surface area contributed by atoms with Gasteiger partial charge in [-0.15, -0.1) is 0 Å². The average Bonchev–Trinajstić information content (AvgIpc) is 2.78. The Morgan fingerprint density at radius 1 is 1.16 bits per heavy atom. The van der Waals surface area contributed by atoms with Gasteiger partial charge in [0.15, 0.2) is 0 Å². The minimum atomic E-state index is -0.515. The van der Waals surface area contributed by atoms with Crippen LogP contribution in [0.1, 0.15) is 29.3 Å². The maximum atomic E-state index is 12.6. The molecule has 1 aliphatic rings. The Balaban J connectivity index is 1.55. The largest absolute Gasteiger partial charge is 0.457 e. The number of nitriles is 1. The topological polar surface area (TPSA) is 122 Å². The van der Waals surface area contributed by atoms with Gasteiger partial charge in [-0.2, -0.15) is 5.26 Å². The van der Waals surface area contributed by atoms with Crippen LogP contribution in [0.15, 0.2) is 48.8 Å². The molecule has 0 N–H and O–H groups in total. The van der Waals surface area contributed by atoms with Gasteiger partial charge in [0.05, 0.1) is 28.3 Å². The maximum Gasteiger partial charge on any atom is 0.338 e. The highest BCUT2D eigenvalue weighted by atomic mass is 16.6. The second-order valence-electron chi connectivity index (χ2n) is 7.57. The third-order valence-electron chi connectivity index (χ3n) is 5.27. The van der Waals surface area contributed by atoms with Gasteiger partial charge in [0.25, 0.3) is 5.69 Å². The van der Waals surface area contributed by atoms with Crippen molar-refractivity contribution in [1.82, 2.24) is 9.97 Å². The van der Waals surface area contributed by atoms with Crippen molar-refractivity contribution in [3.63, 3.8) is 0 Å². The molecular weight excluding hydrogens is 398 g/mol. The van der Waals surface area contributed by atoms with Gasteiger partial charge in [0.2, 0.25) is 0 Å². The number of nitro groups is 1. The lowest BCUT2D eigenvalue weighted by atomic mass is 9.96. The van der Waals surface area contributed by atoms with Crippen molar-refractivity contribution >= 4 is 28.4 Å². The summed E-state index contributed by atoms with van der Waals surface area (Å²) in [7, 11) is 0. The minimum Gasteiger partial charge on any atom is -0.457 e. The number of esters is 1. The van der Waals surface area contributed by atoms with Gasteiger partial charge in [0.1, 0.15) is 23.2 Å². The molecular formula is C22H19N5O4. The predicted octanol–water partition coefficient (Wildman–Crippen LogP) is 3.48. The summed E-state index contributed by atoms with van der Waals surface area (Å²) in [5.74, 6) is -0.260. The molecule has 2 heterocycles. The SMILES string of the molecule is CC1CC(OC(=O)c2ccc([N+](=O)[O-])cc2)CN(c2ccc(C#N)c3nccnc23)C1. The minimum absolute atomic E-state index is 0.0807. The summed E-state index contributed by atoms with van der Waals surface area (Å²) in [6.07, 6.45) is 3.50. The fraction of sp³-hybridized carbons (Fsp3) is 0.273. The Morgan fingerprint density at radius 3 is 2.55 bits per heavy atom. The number of piperidine rings is 1.